The highest BCUT2D eigenvalue weighted by molar-refractivity contribution is 5.87. The van der Waals surface area contributed by atoms with Crippen molar-refractivity contribution in [3.8, 4) is 0 Å². The quantitative estimate of drug-likeness (QED) is 0.460. The van der Waals surface area contributed by atoms with Crippen LogP contribution < -0.4 is 0 Å². The molecule has 0 amide bonds. The number of rotatable bonds is 2. The van der Waals surface area contributed by atoms with Gasteiger partial charge in [0.15, 0.2) is 5.78 Å². The Labute approximate surface area is 227 Å². The molecule has 0 bridgehead atoms. The van der Waals surface area contributed by atoms with Crippen molar-refractivity contribution < 1.29 is 33.3 Å². The molecule has 1 spiro atoms. The minimum Gasteiger partial charge on any atom is -0.463 e. The number of ketones is 1. The van der Waals surface area contributed by atoms with E-state index in [1.807, 2.05) is 0 Å². The summed E-state index contributed by atoms with van der Waals surface area (Å²) in [5.74, 6) is 0.839. The van der Waals surface area contributed by atoms with Gasteiger partial charge in [-0.25, -0.2) is 0 Å². The van der Waals surface area contributed by atoms with Gasteiger partial charge in [-0.05, 0) is 85.4 Å². The topological polar surface area (TPSA) is 88.1 Å². The van der Waals surface area contributed by atoms with Crippen LogP contribution in [-0.4, -0.2) is 48.4 Å². The Morgan fingerprint density at radius 2 is 1.61 bits per heavy atom. The average Bonchev–Trinajstić information content (AvgIpc) is 3.28. The summed E-state index contributed by atoms with van der Waals surface area (Å²) in [6.07, 6.45) is 7.03. The van der Waals surface area contributed by atoms with E-state index in [2.05, 4.69) is 27.7 Å². The van der Waals surface area contributed by atoms with E-state index in [4.69, 9.17) is 18.9 Å². The number of carbonyl (C=O) groups excluding carboxylic acids is 3. The standard InChI is InChI=1S/C31H46O7/c1-16-11-27(34)31(35-15-16)17(2)28-26(38-31)14-23-21-13-25(37-19(4)33)24-12-20(36-18(3)32)7-9-29(24,5)22(21)8-10-30(23,28)6/h16-17,20-26,28H,7-15H2,1-6H3/t16-,17?,20-,21+,22-,23-,24+,25+,26?,28?,29+,30-,31-/m0/s1. The fourth-order valence-corrected chi connectivity index (χ4v) is 10.9. The van der Waals surface area contributed by atoms with Crippen molar-refractivity contribution in [3.05, 3.63) is 0 Å². The number of esters is 2. The van der Waals surface area contributed by atoms with Crippen molar-refractivity contribution in [3.63, 3.8) is 0 Å². The third kappa shape index (κ3) is 3.77. The van der Waals surface area contributed by atoms with Crippen molar-refractivity contribution in [1.29, 1.82) is 0 Å². The van der Waals surface area contributed by atoms with Gasteiger partial charge in [0, 0.05) is 32.1 Å². The van der Waals surface area contributed by atoms with Gasteiger partial charge in [0.2, 0.25) is 5.79 Å². The zero-order valence-electron chi connectivity index (χ0n) is 24.0. The minimum absolute atomic E-state index is 0.0357. The van der Waals surface area contributed by atoms with E-state index in [-0.39, 0.29) is 64.6 Å². The van der Waals surface area contributed by atoms with Crippen LogP contribution in [0, 0.1) is 52.3 Å². The van der Waals surface area contributed by atoms with Crippen molar-refractivity contribution in [2.24, 2.45) is 52.3 Å². The number of hydrogen-bond donors (Lipinski definition) is 0. The molecule has 2 aliphatic heterocycles. The zero-order valence-corrected chi connectivity index (χ0v) is 24.0. The first-order valence-electron chi connectivity index (χ1n) is 15.1. The van der Waals surface area contributed by atoms with Gasteiger partial charge >= 0.3 is 11.9 Å². The predicted octanol–water partition coefficient (Wildman–Crippen LogP) is 5.09. The molecule has 0 aromatic carbocycles. The molecule has 0 aromatic rings. The summed E-state index contributed by atoms with van der Waals surface area (Å²) in [6, 6.07) is 0. The lowest BCUT2D eigenvalue weighted by molar-refractivity contribution is -0.253. The Balaban J connectivity index is 1.28. The van der Waals surface area contributed by atoms with E-state index >= 15 is 0 Å². The fourth-order valence-electron chi connectivity index (χ4n) is 10.9. The van der Waals surface area contributed by atoms with E-state index in [1.165, 1.54) is 13.8 Å². The third-order valence-corrected chi connectivity index (χ3v) is 12.3. The Bertz CT molecular complexity index is 1010. The van der Waals surface area contributed by atoms with Gasteiger partial charge in [0.1, 0.15) is 12.2 Å². The molecule has 0 radical (unpaired) electrons. The molecule has 38 heavy (non-hydrogen) atoms. The van der Waals surface area contributed by atoms with Gasteiger partial charge in [0.25, 0.3) is 0 Å². The highest BCUT2D eigenvalue weighted by atomic mass is 16.7. The maximum Gasteiger partial charge on any atom is 0.302 e. The second-order valence-corrected chi connectivity index (χ2v) is 14.3. The lowest BCUT2D eigenvalue weighted by Crippen LogP contribution is -2.60. The molecule has 2 saturated heterocycles. The van der Waals surface area contributed by atoms with Gasteiger partial charge in [-0.2, -0.15) is 0 Å². The number of fused-ring (bicyclic) bond motifs is 7. The summed E-state index contributed by atoms with van der Waals surface area (Å²) in [5, 5.41) is 0. The van der Waals surface area contributed by atoms with Gasteiger partial charge < -0.3 is 18.9 Å². The van der Waals surface area contributed by atoms with Gasteiger partial charge in [0.05, 0.1) is 12.7 Å². The highest BCUT2D eigenvalue weighted by Gasteiger charge is 2.71. The molecule has 0 N–H and O–H groups in total. The SMILES string of the molecule is CC(=O)O[C@H]1CC[C@@]2(C)[C@H](C1)[C@H](OC(C)=O)C[C@@H]1[C@@H]2CC[C@]2(C)C3C(C[C@@H]12)O[C@@]1(OC[C@@H](C)CC1=O)C3C. The van der Waals surface area contributed by atoms with Crippen LogP contribution in [0.2, 0.25) is 0 Å². The van der Waals surface area contributed by atoms with Crippen LogP contribution in [0.1, 0.15) is 92.9 Å². The number of Topliss-reactive ketones (excluding diaryl/α,β-unsaturated/α-hetero) is 1. The molecular formula is C31H46O7. The zero-order chi connectivity index (χ0) is 27.2. The fraction of sp³-hybridized carbons (Fsp3) is 0.903. The van der Waals surface area contributed by atoms with Crippen molar-refractivity contribution in [2.75, 3.05) is 6.61 Å². The van der Waals surface area contributed by atoms with Crippen LogP contribution in [0.3, 0.4) is 0 Å². The second kappa shape index (κ2) is 9.02. The van der Waals surface area contributed by atoms with E-state index in [0.717, 1.165) is 44.9 Å². The van der Waals surface area contributed by atoms with Crippen LogP contribution in [0.25, 0.3) is 0 Å². The summed E-state index contributed by atoms with van der Waals surface area (Å²) in [5.41, 5.74) is 0.116. The van der Waals surface area contributed by atoms with Crippen LogP contribution in [0.4, 0.5) is 0 Å². The maximum atomic E-state index is 13.3. The molecule has 4 saturated carbocycles. The average molecular weight is 531 g/mol. The van der Waals surface area contributed by atoms with Crippen LogP contribution in [-0.2, 0) is 33.3 Å². The highest BCUT2D eigenvalue weighted by Crippen LogP contribution is 2.71. The lowest BCUT2D eigenvalue weighted by Gasteiger charge is -2.62. The summed E-state index contributed by atoms with van der Waals surface area (Å²) in [7, 11) is 0. The first-order valence-corrected chi connectivity index (χ1v) is 15.1. The second-order valence-electron chi connectivity index (χ2n) is 14.3. The molecular weight excluding hydrogens is 484 g/mol. The molecule has 7 nitrogen and oxygen atoms in total. The third-order valence-electron chi connectivity index (χ3n) is 12.3. The van der Waals surface area contributed by atoms with Gasteiger partial charge in [-0.15, -0.1) is 0 Å². The van der Waals surface area contributed by atoms with Crippen LogP contribution in [0.15, 0.2) is 0 Å². The lowest BCUT2D eigenvalue weighted by atomic mass is 9.43. The monoisotopic (exact) mass is 530 g/mol. The molecule has 4 aliphatic carbocycles. The Hall–Kier alpha value is -1.47. The molecule has 6 aliphatic rings. The van der Waals surface area contributed by atoms with Gasteiger partial charge in [-0.3, -0.25) is 14.4 Å². The Morgan fingerprint density at radius 1 is 0.895 bits per heavy atom. The summed E-state index contributed by atoms with van der Waals surface area (Å²) in [6.45, 7) is 12.7. The molecule has 2 heterocycles. The molecule has 6 fully saturated rings. The van der Waals surface area contributed by atoms with Crippen molar-refractivity contribution >= 4 is 17.7 Å². The van der Waals surface area contributed by atoms with Gasteiger partial charge in [-0.1, -0.05) is 27.7 Å². The predicted molar refractivity (Wildman–Crippen MR) is 139 cm³/mol. The molecule has 13 atom stereocenters. The molecule has 3 unspecified atom stereocenters. The number of ether oxygens (including phenoxy) is 4. The number of hydrogen-bond acceptors (Lipinski definition) is 7. The summed E-state index contributed by atoms with van der Waals surface area (Å²) >= 11 is 0. The number of carbonyl (C=O) groups is 3. The summed E-state index contributed by atoms with van der Waals surface area (Å²) in [4.78, 5) is 37.2. The molecule has 6 rings (SSSR count). The van der Waals surface area contributed by atoms with Crippen molar-refractivity contribution in [2.45, 2.75) is 117 Å². The first-order chi connectivity index (χ1) is 17.9. The van der Waals surface area contributed by atoms with Crippen LogP contribution in [0.5, 0.6) is 0 Å². The van der Waals surface area contributed by atoms with E-state index in [1.54, 1.807) is 0 Å². The van der Waals surface area contributed by atoms with Crippen LogP contribution >= 0.6 is 0 Å². The van der Waals surface area contributed by atoms with E-state index in [9.17, 15) is 14.4 Å². The Morgan fingerprint density at radius 3 is 2.29 bits per heavy atom. The molecule has 7 heteroatoms. The first kappa shape index (κ1) is 26.7. The normalized spacial score (nSPS) is 53.5. The van der Waals surface area contributed by atoms with Crippen molar-refractivity contribution in [1.82, 2.24) is 0 Å². The molecule has 0 aromatic heterocycles. The van der Waals surface area contributed by atoms with E-state index < -0.39 is 5.79 Å². The maximum absolute atomic E-state index is 13.3. The Kier molecular flexibility index (Phi) is 6.35. The smallest absolute Gasteiger partial charge is 0.302 e. The summed E-state index contributed by atoms with van der Waals surface area (Å²) < 4.78 is 24.7. The minimum atomic E-state index is -1.06. The largest absolute Gasteiger partial charge is 0.463 e. The molecule has 212 valence electrons. The van der Waals surface area contributed by atoms with E-state index in [0.29, 0.717) is 36.7 Å².